The molecule has 0 spiro atoms. The lowest BCUT2D eigenvalue weighted by Crippen LogP contribution is -2.28. The van der Waals surface area contributed by atoms with Crippen molar-refractivity contribution >= 4 is 11.6 Å². The maximum Gasteiger partial charge on any atom is 0.0496 e. The van der Waals surface area contributed by atoms with E-state index in [1.807, 2.05) is 26.0 Å². The standard InChI is InChI=1S/C12H17ClN2/c1-8(2)6-12(15-14)10-4-5-11(13)9(3)7-10/h4-5,7,12,15H,1,6,14H2,2-3H3. The van der Waals surface area contributed by atoms with Gasteiger partial charge in [0.05, 0.1) is 0 Å². The van der Waals surface area contributed by atoms with E-state index in [-0.39, 0.29) is 6.04 Å². The first-order chi connectivity index (χ1) is 7.04. The van der Waals surface area contributed by atoms with Crippen LogP contribution in [0.2, 0.25) is 5.02 Å². The summed E-state index contributed by atoms with van der Waals surface area (Å²) >= 11 is 5.97. The Kier molecular flexibility index (Phi) is 4.33. The predicted octanol–water partition coefficient (Wildman–Crippen LogP) is 3.12. The molecule has 1 aromatic rings. The fraction of sp³-hybridized carbons (Fsp3) is 0.333. The van der Waals surface area contributed by atoms with Gasteiger partial charge in [-0.2, -0.15) is 0 Å². The molecule has 1 atom stereocenters. The molecule has 1 rings (SSSR count). The van der Waals surface area contributed by atoms with Crippen LogP contribution < -0.4 is 11.3 Å². The van der Waals surface area contributed by atoms with Gasteiger partial charge in [0.1, 0.15) is 0 Å². The number of hydrazine groups is 1. The zero-order valence-corrected chi connectivity index (χ0v) is 9.93. The second-order valence-corrected chi connectivity index (χ2v) is 4.30. The molecule has 0 aliphatic heterocycles. The first kappa shape index (κ1) is 12.2. The van der Waals surface area contributed by atoms with Crippen LogP contribution >= 0.6 is 11.6 Å². The van der Waals surface area contributed by atoms with Crippen LogP contribution in [0.4, 0.5) is 0 Å². The molecule has 2 nitrogen and oxygen atoms in total. The Hall–Kier alpha value is -0.830. The summed E-state index contributed by atoms with van der Waals surface area (Å²) in [5, 5.41) is 0.782. The Balaban J connectivity index is 2.92. The van der Waals surface area contributed by atoms with Crippen LogP contribution in [0.5, 0.6) is 0 Å². The van der Waals surface area contributed by atoms with E-state index in [1.165, 1.54) is 0 Å². The molecule has 0 saturated carbocycles. The molecule has 3 N–H and O–H groups in total. The topological polar surface area (TPSA) is 38.0 Å². The lowest BCUT2D eigenvalue weighted by atomic mass is 9.99. The van der Waals surface area contributed by atoms with Crippen LogP contribution in [0.1, 0.15) is 30.5 Å². The molecular weight excluding hydrogens is 208 g/mol. The summed E-state index contributed by atoms with van der Waals surface area (Å²) in [4.78, 5) is 0. The van der Waals surface area contributed by atoms with Crippen LogP contribution in [-0.4, -0.2) is 0 Å². The molecule has 0 fully saturated rings. The fourth-order valence-corrected chi connectivity index (χ4v) is 1.62. The minimum absolute atomic E-state index is 0.110. The van der Waals surface area contributed by atoms with Crippen molar-refractivity contribution in [3.8, 4) is 0 Å². The minimum atomic E-state index is 0.110. The van der Waals surface area contributed by atoms with E-state index >= 15 is 0 Å². The number of benzene rings is 1. The summed E-state index contributed by atoms with van der Waals surface area (Å²) in [6, 6.07) is 6.05. The normalized spacial score (nSPS) is 12.5. The lowest BCUT2D eigenvalue weighted by Gasteiger charge is -2.17. The highest BCUT2D eigenvalue weighted by atomic mass is 35.5. The SMILES string of the molecule is C=C(C)CC(NN)c1ccc(Cl)c(C)c1. The van der Waals surface area contributed by atoms with Gasteiger partial charge in [0.2, 0.25) is 0 Å². The second kappa shape index (κ2) is 5.31. The molecule has 0 aromatic heterocycles. The van der Waals surface area contributed by atoms with E-state index in [2.05, 4.69) is 18.1 Å². The van der Waals surface area contributed by atoms with E-state index in [4.69, 9.17) is 17.4 Å². The zero-order valence-electron chi connectivity index (χ0n) is 9.18. The van der Waals surface area contributed by atoms with Gasteiger partial charge in [-0.1, -0.05) is 29.3 Å². The number of nitrogens with two attached hydrogens (primary N) is 1. The Bertz CT molecular complexity index is 361. The number of hydrogen-bond donors (Lipinski definition) is 2. The molecule has 0 saturated heterocycles. The molecule has 82 valence electrons. The van der Waals surface area contributed by atoms with E-state index in [1.54, 1.807) is 0 Å². The highest BCUT2D eigenvalue weighted by Crippen LogP contribution is 2.24. The highest BCUT2D eigenvalue weighted by molar-refractivity contribution is 6.31. The molecule has 0 heterocycles. The third-order valence-corrected chi connectivity index (χ3v) is 2.76. The first-order valence-corrected chi connectivity index (χ1v) is 5.29. The van der Waals surface area contributed by atoms with Gasteiger partial charge in [-0.05, 0) is 37.5 Å². The molecule has 0 amide bonds. The third kappa shape index (κ3) is 3.34. The van der Waals surface area contributed by atoms with E-state index in [0.29, 0.717) is 0 Å². The van der Waals surface area contributed by atoms with Crippen LogP contribution in [0.3, 0.4) is 0 Å². The summed E-state index contributed by atoms with van der Waals surface area (Å²) in [5.74, 6) is 5.52. The molecule has 1 aromatic carbocycles. The van der Waals surface area contributed by atoms with Crippen LogP contribution in [-0.2, 0) is 0 Å². The summed E-state index contributed by atoms with van der Waals surface area (Å²) in [6.07, 6.45) is 0.831. The van der Waals surface area contributed by atoms with Crippen molar-refractivity contribution in [2.24, 2.45) is 5.84 Å². The summed E-state index contributed by atoms with van der Waals surface area (Å²) in [6.45, 7) is 7.87. The number of aryl methyl sites for hydroxylation is 1. The summed E-state index contributed by atoms with van der Waals surface area (Å²) < 4.78 is 0. The maximum absolute atomic E-state index is 5.97. The summed E-state index contributed by atoms with van der Waals surface area (Å²) in [7, 11) is 0. The number of hydrogen-bond acceptors (Lipinski definition) is 2. The average Bonchev–Trinajstić information content (AvgIpc) is 2.18. The first-order valence-electron chi connectivity index (χ1n) is 4.91. The smallest absolute Gasteiger partial charge is 0.0496 e. The van der Waals surface area contributed by atoms with Crippen molar-refractivity contribution < 1.29 is 0 Å². The Morgan fingerprint density at radius 3 is 2.73 bits per heavy atom. The van der Waals surface area contributed by atoms with Gasteiger partial charge in [-0.3, -0.25) is 11.3 Å². The van der Waals surface area contributed by atoms with Crippen molar-refractivity contribution in [2.75, 3.05) is 0 Å². The van der Waals surface area contributed by atoms with E-state index in [9.17, 15) is 0 Å². The monoisotopic (exact) mass is 224 g/mol. The molecule has 0 aliphatic rings. The Labute approximate surface area is 96.1 Å². The van der Waals surface area contributed by atoms with Crippen LogP contribution in [0.25, 0.3) is 0 Å². The van der Waals surface area contributed by atoms with Crippen LogP contribution in [0, 0.1) is 6.92 Å². The number of nitrogens with one attached hydrogen (secondary N) is 1. The van der Waals surface area contributed by atoms with Gasteiger partial charge in [0.25, 0.3) is 0 Å². The molecular formula is C12H17ClN2. The molecule has 0 radical (unpaired) electrons. The van der Waals surface area contributed by atoms with Gasteiger partial charge >= 0.3 is 0 Å². The van der Waals surface area contributed by atoms with Gasteiger partial charge in [0, 0.05) is 11.1 Å². The van der Waals surface area contributed by atoms with E-state index in [0.717, 1.165) is 28.1 Å². The largest absolute Gasteiger partial charge is 0.271 e. The van der Waals surface area contributed by atoms with Gasteiger partial charge < -0.3 is 0 Å². The van der Waals surface area contributed by atoms with Crippen molar-refractivity contribution in [1.29, 1.82) is 0 Å². The molecule has 3 heteroatoms. The molecule has 15 heavy (non-hydrogen) atoms. The predicted molar refractivity (Wildman–Crippen MR) is 65.7 cm³/mol. The average molecular weight is 225 g/mol. The van der Waals surface area contributed by atoms with Crippen molar-refractivity contribution in [3.63, 3.8) is 0 Å². The Morgan fingerprint density at radius 2 is 2.27 bits per heavy atom. The zero-order chi connectivity index (χ0) is 11.4. The van der Waals surface area contributed by atoms with Crippen molar-refractivity contribution in [2.45, 2.75) is 26.3 Å². The summed E-state index contributed by atoms with van der Waals surface area (Å²) in [5.41, 5.74) is 6.10. The molecule has 0 aliphatic carbocycles. The minimum Gasteiger partial charge on any atom is -0.271 e. The number of halogens is 1. The van der Waals surface area contributed by atoms with Gasteiger partial charge in [0.15, 0.2) is 0 Å². The van der Waals surface area contributed by atoms with Crippen molar-refractivity contribution in [1.82, 2.24) is 5.43 Å². The molecule has 0 bridgehead atoms. The fourth-order valence-electron chi connectivity index (χ4n) is 1.51. The van der Waals surface area contributed by atoms with E-state index < -0.39 is 0 Å². The van der Waals surface area contributed by atoms with Crippen molar-refractivity contribution in [3.05, 3.63) is 46.5 Å². The van der Waals surface area contributed by atoms with Gasteiger partial charge in [-0.15, -0.1) is 6.58 Å². The van der Waals surface area contributed by atoms with Gasteiger partial charge in [-0.25, -0.2) is 0 Å². The lowest BCUT2D eigenvalue weighted by molar-refractivity contribution is 0.550. The maximum atomic E-state index is 5.97. The quantitative estimate of drug-likeness (QED) is 0.469. The van der Waals surface area contributed by atoms with Crippen LogP contribution in [0.15, 0.2) is 30.4 Å². The highest BCUT2D eigenvalue weighted by Gasteiger charge is 2.10. The number of rotatable bonds is 4. The Morgan fingerprint density at radius 1 is 1.60 bits per heavy atom. The molecule has 1 unspecified atom stereocenters. The third-order valence-electron chi connectivity index (χ3n) is 2.34. The second-order valence-electron chi connectivity index (χ2n) is 3.89.